The highest BCUT2D eigenvalue weighted by Gasteiger charge is 2.25. The van der Waals surface area contributed by atoms with E-state index in [1.807, 2.05) is 4.72 Å². The number of ketones is 1. The monoisotopic (exact) mass is 352 g/mol. The van der Waals surface area contributed by atoms with E-state index < -0.39 is 27.1 Å². The zero-order chi connectivity index (χ0) is 16.6. The fraction of sp³-hybridized carbons (Fsp3) is 0.214. The molecule has 9 heteroatoms. The van der Waals surface area contributed by atoms with Gasteiger partial charge in [0.1, 0.15) is 5.56 Å². The van der Waals surface area contributed by atoms with Gasteiger partial charge in [0.25, 0.3) is 21.5 Å². The maximum Gasteiger partial charge on any atom is 0.270 e. The zero-order valence-electron chi connectivity index (χ0n) is 11.8. The lowest BCUT2D eigenvalue weighted by Gasteiger charge is -2.15. The Morgan fingerprint density at radius 1 is 1.26 bits per heavy atom. The van der Waals surface area contributed by atoms with Crippen molar-refractivity contribution >= 4 is 33.1 Å². The Morgan fingerprint density at radius 2 is 2.04 bits per heavy atom. The number of carbonyl (C=O) groups excluding carboxylic acids is 2. The fourth-order valence-electron chi connectivity index (χ4n) is 2.38. The van der Waals surface area contributed by atoms with Crippen LogP contribution in [0.4, 0.5) is 0 Å². The number of nitrogens with one attached hydrogen (secondary N) is 2. The first-order valence-corrected chi connectivity index (χ1v) is 9.20. The van der Waals surface area contributed by atoms with E-state index in [9.17, 15) is 22.8 Å². The number of aryl methyl sites for hydroxylation is 1. The Labute approximate surface area is 135 Å². The normalized spacial score (nSPS) is 14.3. The molecule has 0 radical (unpaired) electrons. The van der Waals surface area contributed by atoms with Gasteiger partial charge in [-0.3, -0.25) is 14.4 Å². The summed E-state index contributed by atoms with van der Waals surface area (Å²) >= 11 is 1.17. The van der Waals surface area contributed by atoms with Gasteiger partial charge in [0, 0.05) is 23.1 Å². The summed E-state index contributed by atoms with van der Waals surface area (Å²) in [5, 5.41) is 2.93. The number of hydrogen-bond donors (Lipinski definition) is 2. The number of carbonyl (C=O) groups is 2. The molecule has 2 aromatic heterocycles. The average molecular weight is 352 g/mol. The maximum atomic E-state index is 12.2. The summed E-state index contributed by atoms with van der Waals surface area (Å²) in [5.74, 6) is -1.23. The number of aromatic amines is 1. The molecule has 3 rings (SSSR count). The van der Waals surface area contributed by atoms with Crippen molar-refractivity contribution in [2.45, 2.75) is 24.2 Å². The lowest BCUT2D eigenvalue weighted by Crippen LogP contribution is -2.35. The van der Waals surface area contributed by atoms with Crippen LogP contribution in [0, 0.1) is 0 Å². The van der Waals surface area contributed by atoms with E-state index in [1.165, 1.54) is 28.8 Å². The number of Topliss-reactive ketones (excluding diaryl/α,β-unsaturated/α-hetero) is 1. The Hall–Kier alpha value is -2.26. The van der Waals surface area contributed by atoms with Gasteiger partial charge in [-0.2, -0.15) is 11.3 Å². The predicted octanol–water partition coefficient (Wildman–Crippen LogP) is 1.07. The number of hydrogen-bond acceptors (Lipinski definition) is 6. The van der Waals surface area contributed by atoms with Crippen LogP contribution in [0.15, 0.2) is 32.6 Å². The molecule has 0 atom stereocenters. The molecule has 0 aliphatic heterocycles. The average Bonchev–Trinajstić information content (AvgIpc) is 3.01. The van der Waals surface area contributed by atoms with Crippen LogP contribution in [-0.4, -0.2) is 25.1 Å². The second kappa shape index (κ2) is 5.74. The third-order valence-corrected chi connectivity index (χ3v) is 5.69. The Kier molecular flexibility index (Phi) is 3.90. The highest BCUT2D eigenvalue weighted by atomic mass is 32.2. The molecular weight excluding hydrogens is 340 g/mol. The van der Waals surface area contributed by atoms with Gasteiger partial charge >= 0.3 is 0 Å². The van der Waals surface area contributed by atoms with Crippen molar-refractivity contribution in [2.75, 3.05) is 0 Å². The van der Waals surface area contributed by atoms with Gasteiger partial charge in [0.05, 0.1) is 4.90 Å². The van der Waals surface area contributed by atoms with Gasteiger partial charge in [0.2, 0.25) is 0 Å². The van der Waals surface area contributed by atoms with E-state index in [1.54, 1.807) is 5.38 Å². The van der Waals surface area contributed by atoms with Gasteiger partial charge in [-0.15, -0.1) is 0 Å². The predicted molar refractivity (Wildman–Crippen MR) is 83.3 cm³/mol. The minimum Gasteiger partial charge on any atom is -0.325 e. The molecule has 0 saturated carbocycles. The van der Waals surface area contributed by atoms with Crippen LogP contribution in [0.2, 0.25) is 0 Å². The molecule has 7 nitrogen and oxygen atoms in total. The lowest BCUT2D eigenvalue weighted by atomic mass is 9.94. The lowest BCUT2D eigenvalue weighted by molar-refractivity contribution is 0.0971. The second-order valence-electron chi connectivity index (χ2n) is 5.07. The smallest absolute Gasteiger partial charge is 0.270 e. The van der Waals surface area contributed by atoms with Crippen molar-refractivity contribution in [2.24, 2.45) is 0 Å². The van der Waals surface area contributed by atoms with Gasteiger partial charge in [-0.25, -0.2) is 13.1 Å². The molecule has 2 N–H and O–H groups in total. The quantitative estimate of drug-likeness (QED) is 0.858. The molecule has 0 bridgehead atoms. The second-order valence-corrected chi connectivity index (χ2v) is 7.54. The molecule has 2 aromatic rings. The van der Waals surface area contributed by atoms with Crippen LogP contribution in [0.1, 0.15) is 39.3 Å². The van der Waals surface area contributed by atoms with Gasteiger partial charge in [-0.1, -0.05) is 0 Å². The first kappa shape index (κ1) is 15.6. The number of pyridine rings is 1. The van der Waals surface area contributed by atoms with Crippen molar-refractivity contribution in [1.82, 2.24) is 9.71 Å². The van der Waals surface area contributed by atoms with E-state index in [2.05, 4.69) is 4.98 Å². The number of aromatic nitrogens is 1. The molecule has 1 aliphatic rings. The molecule has 2 heterocycles. The van der Waals surface area contributed by atoms with Crippen LogP contribution < -0.4 is 10.3 Å². The molecule has 0 aromatic carbocycles. The zero-order valence-corrected chi connectivity index (χ0v) is 13.4. The highest BCUT2D eigenvalue weighted by molar-refractivity contribution is 7.90. The first-order chi connectivity index (χ1) is 10.9. The number of rotatable bonds is 3. The van der Waals surface area contributed by atoms with E-state index in [0.717, 1.165) is 0 Å². The topological polar surface area (TPSA) is 113 Å². The highest BCUT2D eigenvalue weighted by Crippen LogP contribution is 2.19. The van der Waals surface area contributed by atoms with Crippen molar-refractivity contribution < 1.29 is 18.0 Å². The summed E-state index contributed by atoms with van der Waals surface area (Å²) in [5.41, 5.74) is -0.341. The molecular formula is C14H12N2O5S2. The summed E-state index contributed by atoms with van der Waals surface area (Å²) in [7, 11) is -4.04. The minimum atomic E-state index is -4.04. The molecule has 0 unspecified atom stereocenters. The third-order valence-electron chi connectivity index (χ3n) is 3.53. The summed E-state index contributed by atoms with van der Waals surface area (Å²) in [6.45, 7) is 0. The maximum absolute atomic E-state index is 12.2. The van der Waals surface area contributed by atoms with Crippen molar-refractivity contribution in [3.8, 4) is 0 Å². The van der Waals surface area contributed by atoms with E-state index in [0.29, 0.717) is 25.0 Å². The summed E-state index contributed by atoms with van der Waals surface area (Å²) in [6.07, 6.45) is 1.53. The van der Waals surface area contributed by atoms with Crippen LogP contribution in [0.25, 0.3) is 0 Å². The Bertz CT molecular complexity index is 942. The molecule has 1 aliphatic carbocycles. The summed E-state index contributed by atoms with van der Waals surface area (Å²) in [6, 6.07) is 2.52. The number of thiophene rings is 1. The van der Waals surface area contributed by atoms with Gasteiger partial charge in [-0.05, 0) is 30.4 Å². The van der Waals surface area contributed by atoms with Crippen molar-refractivity contribution in [1.29, 1.82) is 0 Å². The third kappa shape index (κ3) is 2.97. The molecule has 120 valence electrons. The first-order valence-electron chi connectivity index (χ1n) is 6.77. The van der Waals surface area contributed by atoms with E-state index >= 15 is 0 Å². The number of fused-ring (bicyclic) bond motifs is 1. The number of sulfonamides is 1. The van der Waals surface area contributed by atoms with Crippen LogP contribution in [0.3, 0.4) is 0 Å². The van der Waals surface area contributed by atoms with E-state index in [4.69, 9.17) is 0 Å². The largest absolute Gasteiger partial charge is 0.325 e. The molecule has 23 heavy (non-hydrogen) atoms. The SMILES string of the molecule is O=C1CCCc2[nH]c(=O)c(C(=O)NS(=O)(=O)c3ccsc3)cc21. The van der Waals surface area contributed by atoms with Crippen LogP contribution >= 0.6 is 11.3 Å². The fourth-order valence-corrected chi connectivity index (χ4v) is 4.38. The van der Waals surface area contributed by atoms with E-state index in [-0.39, 0.29) is 16.2 Å². The van der Waals surface area contributed by atoms with Gasteiger partial charge < -0.3 is 4.98 Å². The van der Waals surface area contributed by atoms with Crippen molar-refractivity contribution in [3.63, 3.8) is 0 Å². The molecule has 0 fully saturated rings. The Morgan fingerprint density at radius 3 is 2.74 bits per heavy atom. The summed E-state index contributed by atoms with van der Waals surface area (Å²) in [4.78, 5) is 38.5. The Balaban J connectivity index is 1.96. The standard InChI is InChI=1S/C14H12N2O5S2/c17-12-3-1-2-11-9(12)6-10(13(18)15-11)14(19)16-23(20,21)8-4-5-22-7-8/h4-7H,1-3H2,(H,15,18)(H,16,19). The summed E-state index contributed by atoms with van der Waals surface area (Å²) < 4.78 is 25.9. The molecule has 0 saturated heterocycles. The van der Waals surface area contributed by atoms with Gasteiger partial charge in [0.15, 0.2) is 5.78 Å². The number of amides is 1. The van der Waals surface area contributed by atoms with Crippen LogP contribution in [-0.2, 0) is 16.4 Å². The minimum absolute atomic E-state index is 0.0543. The molecule has 0 spiro atoms. The molecule has 1 amide bonds. The number of H-pyrrole nitrogens is 1. The van der Waals surface area contributed by atoms with Crippen molar-refractivity contribution in [3.05, 3.63) is 50.1 Å². The van der Waals surface area contributed by atoms with Crippen LogP contribution in [0.5, 0.6) is 0 Å².